The van der Waals surface area contributed by atoms with Crippen LogP contribution in [0.4, 0.5) is 13.2 Å². The number of aliphatic hydroxyl groups is 1. The number of hydrogen-bond donors (Lipinski definition) is 1. The maximum atomic E-state index is 12.2. The number of hydrogen-bond acceptors (Lipinski definition) is 1. The summed E-state index contributed by atoms with van der Waals surface area (Å²) in [7, 11) is 0. The summed E-state index contributed by atoms with van der Waals surface area (Å²) in [5.41, 5.74) is -2.60. The Kier molecular flexibility index (Phi) is 1.54. The monoisotopic (exact) mass is 168 g/mol. The van der Waals surface area contributed by atoms with E-state index in [4.69, 9.17) is 5.11 Å². The van der Waals surface area contributed by atoms with Gasteiger partial charge in [-0.05, 0) is 11.8 Å². The van der Waals surface area contributed by atoms with Crippen LogP contribution in [0.3, 0.4) is 0 Å². The lowest BCUT2D eigenvalue weighted by Gasteiger charge is -2.20. The Labute approximate surface area is 63.2 Å². The molecule has 4 heteroatoms. The van der Waals surface area contributed by atoms with Crippen molar-refractivity contribution in [2.24, 2.45) is 10.8 Å². The molecular formula is C7H11F3O. The number of aliphatic hydroxyl groups excluding tert-OH is 1. The van der Waals surface area contributed by atoms with Crippen molar-refractivity contribution in [1.29, 1.82) is 0 Å². The van der Waals surface area contributed by atoms with Gasteiger partial charge < -0.3 is 5.11 Å². The molecule has 0 spiro atoms. The van der Waals surface area contributed by atoms with Crippen LogP contribution >= 0.6 is 0 Å². The minimum Gasteiger partial charge on any atom is -0.395 e. The maximum absolute atomic E-state index is 12.2. The van der Waals surface area contributed by atoms with E-state index in [1.165, 1.54) is 13.8 Å². The van der Waals surface area contributed by atoms with Gasteiger partial charge in [0.25, 0.3) is 0 Å². The predicted octanol–water partition coefficient (Wildman–Crippen LogP) is 1.96. The molecule has 0 bridgehead atoms. The minimum atomic E-state index is -4.26. The highest BCUT2D eigenvalue weighted by Crippen LogP contribution is 2.70. The van der Waals surface area contributed by atoms with Gasteiger partial charge in [-0.3, -0.25) is 0 Å². The molecule has 1 N–H and O–H groups in total. The van der Waals surface area contributed by atoms with E-state index in [0.29, 0.717) is 0 Å². The molecule has 0 aromatic rings. The van der Waals surface area contributed by atoms with Gasteiger partial charge in [0.15, 0.2) is 0 Å². The minimum absolute atomic E-state index is 0.0417. The molecule has 66 valence electrons. The van der Waals surface area contributed by atoms with Crippen molar-refractivity contribution < 1.29 is 18.3 Å². The topological polar surface area (TPSA) is 20.2 Å². The van der Waals surface area contributed by atoms with Gasteiger partial charge in [0, 0.05) is 0 Å². The van der Waals surface area contributed by atoms with Gasteiger partial charge in [0.1, 0.15) is 0 Å². The van der Waals surface area contributed by atoms with Crippen molar-refractivity contribution in [3.63, 3.8) is 0 Å². The van der Waals surface area contributed by atoms with Crippen molar-refractivity contribution in [1.82, 2.24) is 0 Å². The van der Waals surface area contributed by atoms with Gasteiger partial charge >= 0.3 is 6.18 Å². The normalized spacial score (nSPS) is 35.5. The van der Waals surface area contributed by atoms with E-state index in [1.54, 1.807) is 0 Å². The van der Waals surface area contributed by atoms with E-state index in [0.717, 1.165) is 0 Å². The van der Waals surface area contributed by atoms with Crippen molar-refractivity contribution in [2.75, 3.05) is 6.61 Å². The summed E-state index contributed by atoms with van der Waals surface area (Å²) in [6, 6.07) is 0. The Morgan fingerprint density at radius 2 is 1.73 bits per heavy atom. The molecular weight excluding hydrogens is 157 g/mol. The molecule has 0 aromatic carbocycles. The smallest absolute Gasteiger partial charge is 0.395 e. The second-order valence-electron chi connectivity index (χ2n) is 3.80. The van der Waals surface area contributed by atoms with Gasteiger partial charge in [-0.2, -0.15) is 13.2 Å². The van der Waals surface area contributed by atoms with Crippen LogP contribution in [-0.4, -0.2) is 17.9 Å². The molecule has 1 fully saturated rings. The van der Waals surface area contributed by atoms with Crippen LogP contribution in [0.5, 0.6) is 0 Å². The largest absolute Gasteiger partial charge is 0.397 e. The summed E-state index contributed by atoms with van der Waals surface area (Å²) in [5, 5.41) is 8.61. The van der Waals surface area contributed by atoms with Gasteiger partial charge in [0.2, 0.25) is 0 Å². The average Bonchev–Trinajstić information content (AvgIpc) is 2.33. The van der Waals surface area contributed by atoms with Crippen LogP contribution in [-0.2, 0) is 0 Å². The number of alkyl halides is 3. The summed E-state index contributed by atoms with van der Waals surface area (Å²) < 4.78 is 36.7. The first-order chi connectivity index (χ1) is 4.77. The van der Waals surface area contributed by atoms with Crippen LogP contribution in [0.1, 0.15) is 20.3 Å². The Bertz CT molecular complexity index is 173. The second kappa shape index (κ2) is 1.91. The zero-order valence-electron chi connectivity index (χ0n) is 6.50. The van der Waals surface area contributed by atoms with E-state index in [1.807, 2.05) is 0 Å². The second-order valence-corrected chi connectivity index (χ2v) is 3.80. The number of rotatable bonds is 1. The molecule has 11 heavy (non-hydrogen) atoms. The summed E-state index contributed by atoms with van der Waals surface area (Å²) in [6.45, 7) is 2.26. The highest BCUT2D eigenvalue weighted by molar-refractivity contribution is 5.13. The van der Waals surface area contributed by atoms with Gasteiger partial charge in [-0.15, -0.1) is 0 Å². The van der Waals surface area contributed by atoms with E-state index in [2.05, 4.69) is 0 Å². The van der Waals surface area contributed by atoms with Crippen LogP contribution in [0, 0.1) is 10.8 Å². The van der Waals surface area contributed by atoms with Gasteiger partial charge in [-0.25, -0.2) is 0 Å². The van der Waals surface area contributed by atoms with E-state index >= 15 is 0 Å². The SMILES string of the molecule is CC1(C)CC1(CO)C(F)(F)F. The molecule has 1 atom stereocenters. The van der Waals surface area contributed by atoms with Gasteiger partial charge in [0.05, 0.1) is 12.0 Å². The Balaban J connectivity index is 2.84. The fourth-order valence-corrected chi connectivity index (χ4v) is 1.55. The van der Waals surface area contributed by atoms with Crippen molar-refractivity contribution in [3.05, 3.63) is 0 Å². The average molecular weight is 168 g/mol. The number of halogens is 3. The quantitative estimate of drug-likeness (QED) is 0.634. The van der Waals surface area contributed by atoms with Crippen molar-refractivity contribution in [2.45, 2.75) is 26.4 Å². The zero-order chi connectivity index (χ0) is 8.91. The molecule has 0 aromatic heterocycles. The molecule has 1 aliphatic carbocycles. The first-order valence-corrected chi connectivity index (χ1v) is 3.44. The van der Waals surface area contributed by atoms with Crippen LogP contribution in [0.25, 0.3) is 0 Å². The molecule has 0 radical (unpaired) electrons. The maximum Gasteiger partial charge on any atom is 0.397 e. The molecule has 0 aliphatic heterocycles. The summed E-state index contributed by atoms with van der Waals surface area (Å²) in [6.07, 6.45) is -4.22. The van der Waals surface area contributed by atoms with Gasteiger partial charge in [-0.1, -0.05) is 13.8 Å². The fourth-order valence-electron chi connectivity index (χ4n) is 1.55. The Morgan fingerprint density at radius 1 is 1.36 bits per heavy atom. The van der Waals surface area contributed by atoms with E-state index in [-0.39, 0.29) is 6.42 Å². The molecule has 0 saturated heterocycles. The van der Waals surface area contributed by atoms with Crippen molar-refractivity contribution in [3.8, 4) is 0 Å². The Morgan fingerprint density at radius 3 is 1.73 bits per heavy atom. The summed E-state index contributed by atoms with van der Waals surface area (Å²) >= 11 is 0. The lowest BCUT2D eigenvalue weighted by molar-refractivity contribution is -0.207. The molecule has 1 aliphatic rings. The van der Waals surface area contributed by atoms with Crippen LogP contribution < -0.4 is 0 Å². The first-order valence-electron chi connectivity index (χ1n) is 3.44. The molecule has 1 saturated carbocycles. The first kappa shape index (κ1) is 8.84. The molecule has 0 amide bonds. The summed E-state index contributed by atoms with van der Waals surface area (Å²) in [4.78, 5) is 0. The summed E-state index contributed by atoms with van der Waals surface area (Å²) in [5.74, 6) is 0. The predicted molar refractivity (Wildman–Crippen MR) is 34.0 cm³/mol. The van der Waals surface area contributed by atoms with Crippen LogP contribution in [0.2, 0.25) is 0 Å². The highest BCUT2D eigenvalue weighted by atomic mass is 19.4. The van der Waals surface area contributed by atoms with E-state index in [9.17, 15) is 13.2 Å². The van der Waals surface area contributed by atoms with E-state index < -0.39 is 23.6 Å². The third-order valence-corrected chi connectivity index (χ3v) is 2.73. The third kappa shape index (κ3) is 0.956. The lowest BCUT2D eigenvalue weighted by Crippen LogP contribution is -2.32. The lowest BCUT2D eigenvalue weighted by atomic mass is 9.96. The van der Waals surface area contributed by atoms with Crippen molar-refractivity contribution >= 4 is 0 Å². The molecule has 1 unspecified atom stereocenters. The van der Waals surface area contributed by atoms with Crippen LogP contribution in [0.15, 0.2) is 0 Å². The molecule has 1 nitrogen and oxygen atoms in total. The molecule has 1 rings (SSSR count). The zero-order valence-corrected chi connectivity index (χ0v) is 6.50. The third-order valence-electron chi connectivity index (χ3n) is 2.73. The highest BCUT2D eigenvalue weighted by Gasteiger charge is 2.75. The standard InChI is InChI=1S/C7H11F3O/c1-5(2)3-6(5,4-11)7(8,9)10/h11H,3-4H2,1-2H3. The fraction of sp³-hybridized carbons (Fsp3) is 1.00. The molecule has 0 heterocycles. The Hall–Kier alpha value is -0.250.